The minimum Gasteiger partial charge on any atom is -0.508 e. The van der Waals surface area contributed by atoms with Crippen molar-refractivity contribution in [1.29, 1.82) is 0 Å². The molecule has 2 aromatic carbocycles. The molecule has 0 fully saturated rings. The van der Waals surface area contributed by atoms with E-state index < -0.39 is 0 Å². The number of fused-ring (bicyclic) bond motifs is 1. The summed E-state index contributed by atoms with van der Waals surface area (Å²) in [7, 11) is 0. The Morgan fingerprint density at radius 3 is 2.81 bits per heavy atom. The van der Waals surface area contributed by atoms with Gasteiger partial charge >= 0.3 is 0 Å². The molecule has 1 heterocycles. The number of amides is 1. The van der Waals surface area contributed by atoms with Gasteiger partial charge < -0.3 is 19.9 Å². The second kappa shape index (κ2) is 5.36. The zero-order valence-corrected chi connectivity index (χ0v) is 11.6. The lowest BCUT2D eigenvalue weighted by atomic mass is 10.1. The van der Waals surface area contributed by atoms with E-state index in [1.165, 1.54) is 6.07 Å². The number of carbonyl (C=O) groups excluding carboxylic acids is 1. The average Bonchev–Trinajstić information content (AvgIpc) is 2.95. The number of phenols is 1. The largest absolute Gasteiger partial charge is 0.508 e. The summed E-state index contributed by atoms with van der Waals surface area (Å²) < 4.78 is 10.5. The van der Waals surface area contributed by atoms with Crippen LogP contribution in [-0.2, 0) is 6.54 Å². The second-order valence-corrected chi connectivity index (χ2v) is 4.87. The van der Waals surface area contributed by atoms with Crippen molar-refractivity contribution < 1.29 is 19.4 Å². The Hall–Kier alpha value is -2.69. The van der Waals surface area contributed by atoms with Crippen LogP contribution in [-0.4, -0.2) is 17.8 Å². The van der Waals surface area contributed by atoms with Crippen LogP contribution in [0.25, 0.3) is 0 Å². The molecule has 0 aromatic heterocycles. The number of nitrogens with one attached hydrogen (secondary N) is 1. The molecule has 108 valence electrons. The Labute approximate surface area is 122 Å². The van der Waals surface area contributed by atoms with Crippen LogP contribution in [0.2, 0.25) is 0 Å². The number of hydrogen-bond donors (Lipinski definition) is 2. The molecule has 0 saturated carbocycles. The van der Waals surface area contributed by atoms with Gasteiger partial charge in [0.25, 0.3) is 5.91 Å². The van der Waals surface area contributed by atoms with Crippen molar-refractivity contribution in [2.24, 2.45) is 0 Å². The summed E-state index contributed by atoms with van der Waals surface area (Å²) in [6.45, 7) is 2.39. The number of aryl methyl sites for hydroxylation is 1. The highest BCUT2D eigenvalue weighted by Crippen LogP contribution is 2.32. The molecule has 5 nitrogen and oxygen atoms in total. The summed E-state index contributed by atoms with van der Waals surface area (Å²) >= 11 is 0. The number of phenolic OH excluding ortho intramolecular Hbond substituents is 1. The summed E-state index contributed by atoms with van der Waals surface area (Å²) in [4.78, 5) is 12.0. The van der Waals surface area contributed by atoms with Crippen LogP contribution in [0, 0.1) is 6.92 Å². The molecule has 3 rings (SSSR count). The van der Waals surface area contributed by atoms with Crippen molar-refractivity contribution in [2.45, 2.75) is 13.5 Å². The quantitative estimate of drug-likeness (QED) is 0.908. The van der Waals surface area contributed by atoms with Gasteiger partial charge in [-0.25, -0.2) is 0 Å². The number of benzene rings is 2. The second-order valence-electron chi connectivity index (χ2n) is 4.87. The summed E-state index contributed by atoms with van der Waals surface area (Å²) in [5.41, 5.74) is 2.09. The third kappa shape index (κ3) is 2.76. The molecule has 2 aromatic rings. The summed E-state index contributed by atoms with van der Waals surface area (Å²) in [6.07, 6.45) is 0. The third-order valence-electron chi connectivity index (χ3n) is 3.36. The van der Waals surface area contributed by atoms with Gasteiger partial charge in [0, 0.05) is 12.1 Å². The highest BCUT2D eigenvalue weighted by molar-refractivity contribution is 5.94. The third-order valence-corrected chi connectivity index (χ3v) is 3.36. The molecule has 1 aliphatic heterocycles. The smallest absolute Gasteiger partial charge is 0.251 e. The van der Waals surface area contributed by atoms with Gasteiger partial charge in [0.2, 0.25) is 6.79 Å². The molecule has 0 radical (unpaired) electrons. The zero-order valence-electron chi connectivity index (χ0n) is 11.6. The Morgan fingerprint density at radius 2 is 2.00 bits per heavy atom. The van der Waals surface area contributed by atoms with Crippen LogP contribution in [0.4, 0.5) is 0 Å². The topological polar surface area (TPSA) is 67.8 Å². The molecule has 0 spiro atoms. The molecular formula is C16H15NO4. The summed E-state index contributed by atoms with van der Waals surface area (Å²) in [6, 6.07) is 10.4. The predicted octanol–water partition coefficient (Wildman–Crippen LogP) is 2.36. The minimum atomic E-state index is -0.233. The van der Waals surface area contributed by atoms with E-state index >= 15 is 0 Å². The monoisotopic (exact) mass is 285 g/mol. The van der Waals surface area contributed by atoms with Crippen LogP contribution >= 0.6 is 0 Å². The molecule has 0 saturated heterocycles. The molecule has 0 aliphatic carbocycles. The van der Waals surface area contributed by atoms with E-state index in [1.807, 2.05) is 18.2 Å². The molecule has 1 aliphatic rings. The van der Waals surface area contributed by atoms with Gasteiger partial charge in [0.1, 0.15) is 5.75 Å². The summed E-state index contributed by atoms with van der Waals surface area (Å²) in [5, 5.41) is 12.4. The normalized spacial score (nSPS) is 12.2. The minimum absolute atomic E-state index is 0.116. The maximum Gasteiger partial charge on any atom is 0.251 e. The van der Waals surface area contributed by atoms with E-state index in [4.69, 9.17) is 9.47 Å². The maximum atomic E-state index is 12.0. The van der Waals surface area contributed by atoms with Gasteiger partial charge in [-0.3, -0.25) is 4.79 Å². The molecule has 21 heavy (non-hydrogen) atoms. The van der Waals surface area contributed by atoms with Crippen LogP contribution in [0.15, 0.2) is 36.4 Å². The number of aromatic hydroxyl groups is 1. The Balaban J connectivity index is 1.67. The van der Waals surface area contributed by atoms with E-state index in [0.717, 1.165) is 11.1 Å². The Morgan fingerprint density at radius 1 is 1.19 bits per heavy atom. The highest BCUT2D eigenvalue weighted by atomic mass is 16.7. The van der Waals surface area contributed by atoms with Crippen LogP contribution in [0.5, 0.6) is 17.2 Å². The molecule has 0 bridgehead atoms. The highest BCUT2D eigenvalue weighted by Gasteiger charge is 2.14. The van der Waals surface area contributed by atoms with Gasteiger partial charge in [0.15, 0.2) is 11.5 Å². The Bertz CT molecular complexity index is 697. The number of hydrogen-bond acceptors (Lipinski definition) is 4. The van der Waals surface area contributed by atoms with Crippen LogP contribution in [0.1, 0.15) is 21.5 Å². The first-order chi connectivity index (χ1) is 10.1. The fourth-order valence-electron chi connectivity index (χ4n) is 2.09. The van der Waals surface area contributed by atoms with Gasteiger partial charge in [-0.1, -0.05) is 12.1 Å². The van der Waals surface area contributed by atoms with E-state index in [2.05, 4.69) is 5.32 Å². The zero-order chi connectivity index (χ0) is 14.8. The van der Waals surface area contributed by atoms with Crippen molar-refractivity contribution in [2.75, 3.05) is 6.79 Å². The SMILES string of the molecule is Cc1ccc(C(=O)NCc2ccc3c(c2)OCO3)cc1O. The average molecular weight is 285 g/mol. The molecule has 0 atom stereocenters. The first kappa shape index (κ1) is 13.3. The summed E-state index contributed by atoms with van der Waals surface area (Å²) in [5.74, 6) is 1.29. The lowest BCUT2D eigenvalue weighted by molar-refractivity contribution is 0.0950. The Kier molecular flexibility index (Phi) is 3.39. The number of carbonyl (C=O) groups is 1. The fourth-order valence-corrected chi connectivity index (χ4v) is 2.09. The predicted molar refractivity (Wildman–Crippen MR) is 76.6 cm³/mol. The molecule has 5 heteroatoms. The fraction of sp³-hybridized carbons (Fsp3) is 0.188. The number of rotatable bonds is 3. The van der Waals surface area contributed by atoms with E-state index in [1.54, 1.807) is 19.1 Å². The van der Waals surface area contributed by atoms with Gasteiger partial charge in [-0.05, 0) is 42.3 Å². The van der Waals surface area contributed by atoms with Gasteiger partial charge in [0.05, 0.1) is 0 Å². The van der Waals surface area contributed by atoms with Crippen molar-refractivity contribution in [3.05, 3.63) is 53.1 Å². The molecule has 2 N–H and O–H groups in total. The van der Waals surface area contributed by atoms with E-state index in [9.17, 15) is 9.90 Å². The first-order valence-electron chi connectivity index (χ1n) is 6.60. The molecular weight excluding hydrogens is 270 g/mol. The van der Waals surface area contributed by atoms with Crippen molar-refractivity contribution in [3.63, 3.8) is 0 Å². The van der Waals surface area contributed by atoms with Gasteiger partial charge in [-0.2, -0.15) is 0 Å². The first-order valence-corrected chi connectivity index (χ1v) is 6.60. The standard InChI is InChI=1S/C16H15NO4/c1-10-2-4-12(7-13(10)18)16(19)17-8-11-3-5-14-15(6-11)21-9-20-14/h2-7,18H,8-9H2,1H3,(H,17,19). The van der Waals surface area contributed by atoms with Crippen LogP contribution in [0.3, 0.4) is 0 Å². The van der Waals surface area contributed by atoms with Crippen molar-refractivity contribution in [1.82, 2.24) is 5.32 Å². The van der Waals surface area contributed by atoms with Gasteiger partial charge in [-0.15, -0.1) is 0 Å². The van der Waals surface area contributed by atoms with Crippen molar-refractivity contribution in [3.8, 4) is 17.2 Å². The number of ether oxygens (including phenoxy) is 2. The maximum absolute atomic E-state index is 12.0. The molecule has 0 unspecified atom stereocenters. The molecule has 1 amide bonds. The van der Waals surface area contributed by atoms with Crippen molar-refractivity contribution >= 4 is 5.91 Å². The lowest BCUT2D eigenvalue weighted by Crippen LogP contribution is -2.22. The van der Waals surface area contributed by atoms with E-state index in [-0.39, 0.29) is 18.4 Å². The van der Waals surface area contributed by atoms with E-state index in [0.29, 0.717) is 23.6 Å². The lowest BCUT2D eigenvalue weighted by Gasteiger charge is -2.07. The van der Waals surface area contributed by atoms with Crippen LogP contribution < -0.4 is 14.8 Å².